The predicted octanol–water partition coefficient (Wildman–Crippen LogP) is 5.55. The number of aromatic nitrogens is 3. The van der Waals surface area contributed by atoms with Gasteiger partial charge in [-0.2, -0.15) is 4.98 Å². The number of amides is 1. The number of para-hydroxylation sites is 2. The molecule has 0 saturated carbocycles. The minimum absolute atomic E-state index is 0.312. The van der Waals surface area contributed by atoms with Gasteiger partial charge < -0.3 is 24.8 Å². The van der Waals surface area contributed by atoms with Crippen LogP contribution in [0, 0.1) is 0 Å². The number of hydrogen-bond donors (Lipinski definition) is 2. The van der Waals surface area contributed by atoms with Crippen molar-refractivity contribution in [1.82, 2.24) is 14.8 Å². The number of methoxy groups -OCH3 is 3. The van der Waals surface area contributed by atoms with Crippen LogP contribution in [-0.4, -0.2) is 42.0 Å². The molecule has 1 aromatic heterocycles. The second-order valence-electron chi connectivity index (χ2n) is 8.55. The molecule has 5 rings (SSSR count). The Balaban J connectivity index is 1.63. The van der Waals surface area contributed by atoms with Crippen molar-refractivity contribution < 1.29 is 19.0 Å². The lowest BCUT2D eigenvalue weighted by molar-refractivity contribution is -0.113. The van der Waals surface area contributed by atoms with E-state index in [1.54, 1.807) is 56.3 Å². The van der Waals surface area contributed by atoms with E-state index < -0.39 is 6.04 Å². The molecule has 1 aliphatic heterocycles. The maximum Gasteiger partial charge on any atom is 0.255 e. The summed E-state index contributed by atoms with van der Waals surface area (Å²) in [7, 11) is 4.70. The predicted molar refractivity (Wildman–Crippen MR) is 146 cm³/mol. The lowest BCUT2D eigenvalue weighted by atomic mass is 9.94. The number of rotatable bonds is 7. The normalized spacial score (nSPS) is 14.4. The quantitative estimate of drug-likeness (QED) is 0.322. The monoisotopic (exact) mass is 531 g/mol. The Kier molecular flexibility index (Phi) is 6.93. The third-order valence-electron chi connectivity index (χ3n) is 6.28. The highest BCUT2D eigenvalue weighted by atomic mass is 35.5. The summed E-state index contributed by atoms with van der Waals surface area (Å²) in [6, 6.07) is 19.4. The molecule has 1 aliphatic rings. The average Bonchev–Trinajstić information content (AvgIpc) is 3.36. The molecular formula is C28H26ClN5O4. The van der Waals surface area contributed by atoms with E-state index in [2.05, 4.69) is 10.6 Å². The maximum absolute atomic E-state index is 13.8. The topological polar surface area (TPSA) is 99.5 Å². The van der Waals surface area contributed by atoms with E-state index in [0.717, 1.165) is 11.1 Å². The van der Waals surface area contributed by atoms with Gasteiger partial charge in [0, 0.05) is 16.3 Å². The van der Waals surface area contributed by atoms with Crippen molar-refractivity contribution >= 4 is 29.1 Å². The van der Waals surface area contributed by atoms with E-state index in [1.807, 2.05) is 43.3 Å². The molecule has 0 aliphatic carbocycles. The summed E-state index contributed by atoms with van der Waals surface area (Å²) in [5.41, 5.74) is 3.21. The van der Waals surface area contributed by atoms with E-state index in [-0.39, 0.29) is 5.91 Å². The van der Waals surface area contributed by atoms with Gasteiger partial charge in [0.25, 0.3) is 5.91 Å². The highest BCUT2D eigenvalue weighted by Crippen LogP contribution is 2.40. The molecule has 3 aromatic carbocycles. The van der Waals surface area contributed by atoms with Crippen molar-refractivity contribution in [2.45, 2.75) is 13.0 Å². The number of allylic oxidation sites excluding steroid dienone is 1. The number of hydrogen-bond acceptors (Lipinski definition) is 7. The Morgan fingerprint density at radius 2 is 1.66 bits per heavy atom. The highest BCUT2D eigenvalue weighted by molar-refractivity contribution is 6.30. The molecule has 0 radical (unpaired) electrons. The summed E-state index contributed by atoms with van der Waals surface area (Å²) in [6.45, 7) is 1.84. The van der Waals surface area contributed by atoms with Crippen LogP contribution in [0.3, 0.4) is 0 Å². The highest BCUT2D eigenvalue weighted by Gasteiger charge is 2.35. The number of benzene rings is 3. The number of carbonyl (C=O) groups is 1. The second-order valence-corrected chi connectivity index (χ2v) is 8.98. The molecule has 1 amide bonds. The number of ether oxygens (including phenoxy) is 3. The Morgan fingerprint density at radius 3 is 2.37 bits per heavy atom. The molecule has 1 atom stereocenters. The van der Waals surface area contributed by atoms with Gasteiger partial charge in [-0.15, -0.1) is 5.10 Å². The Hall–Kier alpha value is -4.50. The summed E-state index contributed by atoms with van der Waals surface area (Å²) in [5.74, 6) is 2.34. The summed E-state index contributed by atoms with van der Waals surface area (Å²) >= 11 is 6.08. The van der Waals surface area contributed by atoms with Crippen molar-refractivity contribution in [1.29, 1.82) is 0 Å². The molecule has 0 spiro atoms. The van der Waals surface area contributed by atoms with Gasteiger partial charge in [-0.1, -0.05) is 29.8 Å². The third kappa shape index (κ3) is 4.64. The first-order valence-corrected chi connectivity index (χ1v) is 12.2. The lowest BCUT2D eigenvalue weighted by Crippen LogP contribution is -2.31. The molecule has 9 nitrogen and oxygen atoms in total. The molecule has 2 heterocycles. The van der Waals surface area contributed by atoms with Crippen LogP contribution in [0.15, 0.2) is 78.0 Å². The molecule has 194 valence electrons. The molecule has 4 aromatic rings. The number of halogens is 1. The van der Waals surface area contributed by atoms with Crippen LogP contribution in [-0.2, 0) is 4.79 Å². The fraction of sp³-hybridized carbons (Fsp3) is 0.179. The Morgan fingerprint density at radius 1 is 0.947 bits per heavy atom. The van der Waals surface area contributed by atoms with Gasteiger partial charge in [0.05, 0.1) is 32.6 Å². The molecule has 0 bridgehead atoms. The van der Waals surface area contributed by atoms with Crippen LogP contribution in [0.25, 0.3) is 11.4 Å². The number of carbonyl (C=O) groups excluding carboxylic acids is 1. The lowest BCUT2D eigenvalue weighted by Gasteiger charge is -2.29. The first kappa shape index (κ1) is 25.2. The summed E-state index contributed by atoms with van der Waals surface area (Å²) in [5, 5.41) is 11.7. The SMILES string of the molecule is COc1ccccc1NC(=O)C1=C(C)Nc2nc(-c3ccc(Cl)cc3)nn2C1c1ccc(OC)c(OC)c1. The molecule has 2 N–H and O–H groups in total. The van der Waals surface area contributed by atoms with Crippen molar-refractivity contribution in [3.8, 4) is 28.6 Å². The zero-order valence-electron chi connectivity index (χ0n) is 21.3. The van der Waals surface area contributed by atoms with E-state index >= 15 is 0 Å². The van der Waals surface area contributed by atoms with Gasteiger partial charge in [0.2, 0.25) is 5.95 Å². The zero-order chi connectivity index (χ0) is 26.8. The largest absolute Gasteiger partial charge is 0.495 e. The van der Waals surface area contributed by atoms with E-state index in [9.17, 15) is 4.79 Å². The van der Waals surface area contributed by atoms with Crippen LogP contribution >= 0.6 is 11.6 Å². The molecule has 0 fully saturated rings. The van der Waals surface area contributed by atoms with E-state index in [0.29, 0.717) is 51.0 Å². The van der Waals surface area contributed by atoms with Crippen molar-refractivity contribution in [2.24, 2.45) is 0 Å². The molecule has 38 heavy (non-hydrogen) atoms. The van der Waals surface area contributed by atoms with Gasteiger partial charge in [-0.05, 0) is 61.0 Å². The third-order valence-corrected chi connectivity index (χ3v) is 6.53. The molecular weight excluding hydrogens is 506 g/mol. The fourth-order valence-corrected chi connectivity index (χ4v) is 4.56. The van der Waals surface area contributed by atoms with Crippen molar-refractivity contribution in [2.75, 3.05) is 32.0 Å². The zero-order valence-corrected chi connectivity index (χ0v) is 22.0. The first-order chi connectivity index (χ1) is 18.4. The summed E-state index contributed by atoms with van der Waals surface area (Å²) in [6.07, 6.45) is 0. The Labute approximate surface area is 225 Å². The number of fused-ring (bicyclic) bond motifs is 1. The smallest absolute Gasteiger partial charge is 0.255 e. The number of anilines is 2. The summed E-state index contributed by atoms with van der Waals surface area (Å²) < 4.78 is 18.1. The van der Waals surface area contributed by atoms with Crippen LogP contribution in [0.1, 0.15) is 18.5 Å². The van der Waals surface area contributed by atoms with Crippen LogP contribution in [0.2, 0.25) is 5.02 Å². The standard InChI is InChI=1S/C28H26ClN5O4/c1-16-24(27(35)31-20-7-5-6-8-21(20)36-2)25(18-11-14-22(37-3)23(15-18)38-4)34-28(30-16)32-26(33-34)17-9-12-19(29)13-10-17/h5-15,25H,1-4H3,(H,31,35)(H,30,32,33). The van der Waals surface area contributed by atoms with Gasteiger partial charge >= 0.3 is 0 Å². The Bertz CT molecular complexity index is 1530. The van der Waals surface area contributed by atoms with Gasteiger partial charge in [-0.3, -0.25) is 4.79 Å². The molecule has 10 heteroatoms. The van der Waals surface area contributed by atoms with Crippen LogP contribution in [0.4, 0.5) is 11.6 Å². The van der Waals surface area contributed by atoms with Crippen molar-refractivity contribution in [3.63, 3.8) is 0 Å². The first-order valence-electron chi connectivity index (χ1n) is 11.8. The maximum atomic E-state index is 13.8. The van der Waals surface area contributed by atoms with Crippen molar-refractivity contribution in [3.05, 3.63) is 88.6 Å². The van der Waals surface area contributed by atoms with E-state index in [4.69, 9.17) is 35.9 Å². The fourth-order valence-electron chi connectivity index (χ4n) is 4.43. The number of nitrogens with one attached hydrogen (secondary N) is 2. The van der Waals surface area contributed by atoms with Crippen LogP contribution in [0.5, 0.6) is 17.2 Å². The minimum atomic E-state index is -0.616. The van der Waals surface area contributed by atoms with Crippen LogP contribution < -0.4 is 24.8 Å². The summed E-state index contributed by atoms with van der Waals surface area (Å²) in [4.78, 5) is 18.5. The van der Waals surface area contributed by atoms with Gasteiger partial charge in [-0.25, -0.2) is 4.68 Å². The minimum Gasteiger partial charge on any atom is -0.495 e. The number of nitrogens with zero attached hydrogens (tertiary/aromatic N) is 3. The average molecular weight is 532 g/mol. The van der Waals surface area contributed by atoms with Gasteiger partial charge in [0.1, 0.15) is 11.8 Å². The van der Waals surface area contributed by atoms with E-state index in [1.165, 1.54) is 0 Å². The molecule has 0 saturated heterocycles. The van der Waals surface area contributed by atoms with Gasteiger partial charge in [0.15, 0.2) is 17.3 Å². The molecule has 1 unspecified atom stereocenters. The second kappa shape index (κ2) is 10.5.